The molecule has 7 heteroatoms. The van der Waals surface area contributed by atoms with Gasteiger partial charge in [-0.2, -0.15) is 0 Å². The normalized spacial score (nSPS) is 13.9. The second-order valence-corrected chi connectivity index (χ2v) is 8.66. The molecule has 0 radical (unpaired) electrons. The van der Waals surface area contributed by atoms with Crippen molar-refractivity contribution in [2.75, 3.05) is 19.8 Å². The van der Waals surface area contributed by atoms with E-state index in [9.17, 15) is 9.59 Å². The van der Waals surface area contributed by atoms with Crippen molar-refractivity contribution in [2.24, 2.45) is 5.92 Å². The number of thiophene rings is 1. The minimum atomic E-state index is -0.0582. The molecule has 0 aromatic carbocycles. The van der Waals surface area contributed by atoms with Gasteiger partial charge in [0.15, 0.2) is 0 Å². The molecule has 6 nitrogen and oxygen atoms in total. The first-order chi connectivity index (χ1) is 13.0. The van der Waals surface area contributed by atoms with Crippen LogP contribution in [0.15, 0.2) is 4.79 Å². The van der Waals surface area contributed by atoms with Gasteiger partial charge in [-0.05, 0) is 43.6 Å². The number of aromatic amines is 1. The van der Waals surface area contributed by atoms with Crippen LogP contribution in [0.1, 0.15) is 55.8 Å². The van der Waals surface area contributed by atoms with E-state index < -0.39 is 0 Å². The molecule has 0 aliphatic heterocycles. The van der Waals surface area contributed by atoms with Crippen molar-refractivity contribution in [2.45, 2.75) is 58.8 Å². The van der Waals surface area contributed by atoms with Gasteiger partial charge in [0.2, 0.25) is 5.91 Å². The van der Waals surface area contributed by atoms with Gasteiger partial charge in [0.25, 0.3) is 5.56 Å². The van der Waals surface area contributed by atoms with Crippen molar-refractivity contribution in [3.63, 3.8) is 0 Å². The molecule has 1 aliphatic carbocycles. The summed E-state index contributed by atoms with van der Waals surface area (Å²) in [7, 11) is 0. The quantitative estimate of drug-likeness (QED) is 0.644. The molecule has 0 fully saturated rings. The maximum atomic E-state index is 12.5. The minimum Gasteiger partial charge on any atom is -0.381 e. The number of amides is 1. The van der Waals surface area contributed by atoms with Crippen LogP contribution in [0.3, 0.4) is 0 Å². The van der Waals surface area contributed by atoms with Gasteiger partial charge in [-0.3, -0.25) is 9.59 Å². The van der Waals surface area contributed by atoms with Crippen molar-refractivity contribution in [1.29, 1.82) is 0 Å². The highest BCUT2D eigenvalue weighted by molar-refractivity contribution is 7.18. The predicted octanol–water partition coefficient (Wildman–Crippen LogP) is 2.97. The molecule has 0 bridgehead atoms. The smallest absolute Gasteiger partial charge is 0.259 e. The van der Waals surface area contributed by atoms with Crippen molar-refractivity contribution in [1.82, 2.24) is 15.3 Å². The number of rotatable bonds is 9. The fourth-order valence-electron chi connectivity index (χ4n) is 3.37. The van der Waals surface area contributed by atoms with Crippen molar-refractivity contribution >= 4 is 27.5 Å². The number of hydrogen-bond acceptors (Lipinski definition) is 5. The first-order valence-electron chi connectivity index (χ1n) is 9.92. The van der Waals surface area contributed by atoms with E-state index in [2.05, 4.69) is 29.1 Å². The number of carbonyl (C=O) groups is 1. The summed E-state index contributed by atoms with van der Waals surface area (Å²) >= 11 is 1.64. The highest BCUT2D eigenvalue weighted by atomic mass is 32.1. The molecule has 0 spiro atoms. The van der Waals surface area contributed by atoms with Gasteiger partial charge in [-0.1, -0.05) is 13.8 Å². The summed E-state index contributed by atoms with van der Waals surface area (Å²) in [5.41, 5.74) is 1.14. The Kier molecular flexibility index (Phi) is 7.01. The van der Waals surface area contributed by atoms with E-state index in [-0.39, 0.29) is 11.5 Å². The molecule has 1 amide bonds. The Morgan fingerprint density at radius 3 is 2.96 bits per heavy atom. The van der Waals surface area contributed by atoms with Crippen LogP contribution in [0.4, 0.5) is 0 Å². The standard InChI is InChI=1S/C20H29N3O3S/c1-13(2)12-26-11-5-10-21-17(24)9-8-16-22-19(25)18-14-6-3-4-7-15(14)27-20(18)23-16/h13H,3-12H2,1-2H3,(H,21,24)(H,22,23,25). The van der Waals surface area contributed by atoms with Crippen LogP contribution in [-0.4, -0.2) is 35.6 Å². The molecular formula is C20H29N3O3S. The second-order valence-electron chi connectivity index (χ2n) is 7.58. The van der Waals surface area contributed by atoms with E-state index in [1.807, 2.05) is 0 Å². The molecule has 2 N–H and O–H groups in total. The first kappa shape index (κ1) is 20.0. The summed E-state index contributed by atoms with van der Waals surface area (Å²) in [5.74, 6) is 1.11. The van der Waals surface area contributed by atoms with Crippen molar-refractivity contribution in [3.05, 3.63) is 26.6 Å². The minimum absolute atomic E-state index is 0.0212. The maximum absolute atomic E-state index is 12.5. The van der Waals surface area contributed by atoms with Gasteiger partial charge in [0.1, 0.15) is 10.7 Å². The Morgan fingerprint density at radius 2 is 2.15 bits per heavy atom. The van der Waals surface area contributed by atoms with Crippen molar-refractivity contribution in [3.8, 4) is 0 Å². The Balaban J connectivity index is 1.49. The fraction of sp³-hybridized carbons (Fsp3) is 0.650. The van der Waals surface area contributed by atoms with Crippen LogP contribution in [0.25, 0.3) is 10.2 Å². The monoisotopic (exact) mass is 391 g/mol. The SMILES string of the molecule is CC(C)COCCCNC(=O)CCc1nc2sc3c(c2c(=O)[nH]1)CCCC3. The summed E-state index contributed by atoms with van der Waals surface area (Å²) in [6, 6.07) is 0. The Morgan fingerprint density at radius 1 is 1.33 bits per heavy atom. The fourth-order valence-corrected chi connectivity index (χ4v) is 4.65. The second kappa shape index (κ2) is 9.46. The maximum Gasteiger partial charge on any atom is 0.259 e. The lowest BCUT2D eigenvalue weighted by Gasteiger charge is -2.09. The summed E-state index contributed by atoms with van der Waals surface area (Å²) in [5, 5.41) is 3.66. The summed E-state index contributed by atoms with van der Waals surface area (Å²) in [6.07, 6.45) is 5.93. The summed E-state index contributed by atoms with van der Waals surface area (Å²) < 4.78 is 5.49. The van der Waals surface area contributed by atoms with Crippen LogP contribution < -0.4 is 10.9 Å². The van der Waals surface area contributed by atoms with E-state index >= 15 is 0 Å². The average molecular weight is 392 g/mol. The molecule has 0 unspecified atom stereocenters. The number of ether oxygens (including phenoxy) is 1. The van der Waals surface area contributed by atoms with Gasteiger partial charge < -0.3 is 15.0 Å². The van der Waals surface area contributed by atoms with Crippen molar-refractivity contribution < 1.29 is 9.53 Å². The Labute approximate surface area is 163 Å². The number of aromatic nitrogens is 2. The number of nitrogens with one attached hydrogen (secondary N) is 2. The molecule has 0 saturated carbocycles. The molecule has 3 rings (SSSR count). The van der Waals surface area contributed by atoms with Crippen LogP contribution in [0.2, 0.25) is 0 Å². The lowest BCUT2D eigenvalue weighted by atomic mass is 9.97. The molecule has 148 valence electrons. The number of carbonyl (C=O) groups excluding carboxylic acids is 1. The lowest BCUT2D eigenvalue weighted by molar-refractivity contribution is -0.121. The molecule has 2 heterocycles. The van der Waals surface area contributed by atoms with E-state index in [0.29, 0.717) is 37.7 Å². The zero-order chi connectivity index (χ0) is 19.2. The average Bonchev–Trinajstić information content (AvgIpc) is 3.01. The third-order valence-electron chi connectivity index (χ3n) is 4.70. The Hall–Kier alpha value is -1.73. The van der Waals surface area contributed by atoms with Crippen LogP contribution in [-0.2, 0) is 28.8 Å². The number of nitrogens with zero attached hydrogens (tertiary/aromatic N) is 1. The highest BCUT2D eigenvalue weighted by Gasteiger charge is 2.19. The number of H-pyrrole nitrogens is 1. The topological polar surface area (TPSA) is 84.1 Å². The van der Waals surface area contributed by atoms with Gasteiger partial charge in [-0.25, -0.2) is 4.98 Å². The third-order valence-corrected chi connectivity index (χ3v) is 5.89. The molecule has 0 atom stereocenters. The molecule has 27 heavy (non-hydrogen) atoms. The molecule has 2 aromatic rings. The molecule has 0 saturated heterocycles. The molecular weight excluding hydrogens is 362 g/mol. The van der Waals surface area contributed by atoms with Crippen LogP contribution >= 0.6 is 11.3 Å². The summed E-state index contributed by atoms with van der Waals surface area (Å²) in [4.78, 5) is 34.1. The zero-order valence-electron chi connectivity index (χ0n) is 16.2. The van der Waals surface area contributed by atoms with E-state index in [4.69, 9.17) is 4.74 Å². The van der Waals surface area contributed by atoms with E-state index in [1.165, 1.54) is 16.9 Å². The number of hydrogen-bond donors (Lipinski definition) is 2. The highest BCUT2D eigenvalue weighted by Crippen LogP contribution is 2.33. The summed E-state index contributed by atoms with van der Waals surface area (Å²) in [6.45, 7) is 6.25. The zero-order valence-corrected chi connectivity index (χ0v) is 17.0. The lowest BCUT2D eigenvalue weighted by Crippen LogP contribution is -2.26. The van der Waals surface area contributed by atoms with Gasteiger partial charge in [-0.15, -0.1) is 11.3 Å². The van der Waals surface area contributed by atoms with Gasteiger partial charge >= 0.3 is 0 Å². The van der Waals surface area contributed by atoms with E-state index in [1.54, 1.807) is 11.3 Å². The van der Waals surface area contributed by atoms with Crippen LogP contribution in [0, 0.1) is 5.92 Å². The number of fused-ring (bicyclic) bond motifs is 3. The number of aryl methyl sites for hydroxylation is 3. The van der Waals surface area contributed by atoms with E-state index in [0.717, 1.165) is 42.5 Å². The van der Waals surface area contributed by atoms with Crippen LogP contribution in [0.5, 0.6) is 0 Å². The largest absolute Gasteiger partial charge is 0.381 e. The predicted molar refractivity (Wildman–Crippen MR) is 108 cm³/mol. The Bertz CT molecular complexity index is 841. The first-order valence-corrected chi connectivity index (χ1v) is 10.7. The molecule has 2 aromatic heterocycles. The third kappa shape index (κ3) is 5.39. The van der Waals surface area contributed by atoms with Gasteiger partial charge in [0, 0.05) is 37.5 Å². The molecule has 1 aliphatic rings. The van der Waals surface area contributed by atoms with Gasteiger partial charge in [0.05, 0.1) is 5.39 Å².